The van der Waals surface area contributed by atoms with Gasteiger partial charge in [0.05, 0.1) is 10.6 Å². The zero-order valence-corrected chi connectivity index (χ0v) is 12.4. The first-order valence-electron chi connectivity index (χ1n) is 7.18. The van der Waals surface area contributed by atoms with Crippen LogP contribution < -0.4 is 10.2 Å². The second-order valence-electron chi connectivity index (χ2n) is 5.13. The van der Waals surface area contributed by atoms with Gasteiger partial charge in [0.25, 0.3) is 0 Å². The molecule has 4 rings (SSSR count). The fourth-order valence-electron chi connectivity index (χ4n) is 2.61. The lowest BCUT2D eigenvalue weighted by molar-refractivity contribution is 0.580. The van der Waals surface area contributed by atoms with Crippen LogP contribution in [0.1, 0.15) is 0 Å². The lowest BCUT2D eigenvalue weighted by atomic mass is 10.2. The first-order valence-corrected chi connectivity index (χ1v) is 7.99. The minimum Gasteiger partial charge on any atom is -0.338 e. The Morgan fingerprint density at radius 3 is 2.81 bits per heavy atom. The van der Waals surface area contributed by atoms with Crippen molar-refractivity contribution in [2.75, 3.05) is 31.1 Å². The summed E-state index contributed by atoms with van der Waals surface area (Å²) < 4.78 is 1.30. The van der Waals surface area contributed by atoms with Gasteiger partial charge >= 0.3 is 0 Å². The number of fused-ring (bicyclic) bond motifs is 1. The summed E-state index contributed by atoms with van der Waals surface area (Å²) in [5.74, 6) is 0.839. The Morgan fingerprint density at radius 1 is 1.10 bits per heavy atom. The van der Waals surface area contributed by atoms with E-state index in [4.69, 9.17) is 4.98 Å². The lowest BCUT2D eigenvalue weighted by Gasteiger charge is -2.27. The topological polar surface area (TPSA) is 41.1 Å². The van der Waals surface area contributed by atoms with Crippen LogP contribution in [0.4, 0.5) is 5.95 Å². The fraction of sp³-hybridized carbons (Fsp3) is 0.250. The molecule has 0 radical (unpaired) electrons. The molecule has 3 heterocycles. The number of nitrogens with zero attached hydrogens (tertiary/aromatic N) is 3. The molecule has 106 valence electrons. The molecule has 1 aliphatic rings. The standard InChI is InChI=1S/C16H16N4S/c1-2-4-14-12(3-1)11-15(21-14)13-5-6-18-16(19-13)20-9-7-17-8-10-20/h1-6,11,17H,7-10H2. The molecule has 0 bridgehead atoms. The average molecular weight is 296 g/mol. The molecule has 0 amide bonds. The summed E-state index contributed by atoms with van der Waals surface area (Å²) >= 11 is 1.78. The Hall–Kier alpha value is -1.98. The highest BCUT2D eigenvalue weighted by atomic mass is 32.1. The first-order chi connectivity index (χ1) is 10.4. The summed E-state index contributed by atoms with van der Waals surface area (Å²) in [6, 6.07) is 12.7. The van der Waals surface area contributed by atoms with Gasteiger partial charge in [-0.3, -0.25) is 0 Å². The molecule has 4 nitrogen and oxygen atoms in total. The van der Waals surface area contributed by atoms with E-state index in [-0.39, 0.29) is 0 Å². The van der Waals surface area contributed by atoms with Crippen molar-refractivity contribution >= 4 is 27.4 Å². The van der Waals surface area contributed by atoms with Crippen molar-refractivity contribution in [3.63, 3.8) is 0 Å². The van der Waals surface area contributed by atoms with E-state index in [0.29, 0.717) is 0 Å². The number of aromatic nitrogens is 2. The van der Waals surface area contributed by atoms with Gasteiger partial charge in [0.2, 0.25) is 5.95 Å². The van der Waals surface area contributed by atoms with Crippen LogP contribution in [0.15, 0.2) is 42.6 Å². The second-order valence-corrected chi connectivity index (χ2v) is 6.21. The van der Waals surface area contributed by atoms with Gasteiger partial charge in [-0.05, 0) is 23.6 Å². The van der Waals surface area contributed by atoms with Crippen molar-refractivity contribution in [3.8, 4) is 10.6 Å². The number of anilines is 1. The van der Waals surface area contributed by atoms with Crippen LogP contribution in [0.3, 0.4) is 0 Å². The molecular weight excluding hydrogens is 280 g/mol. The van der Waals surface area contributed by atoms with Crippen LogP contribution in [0.2, 0.25) is 0 Å². The van der Waals surface area contributed by atoms with E-state index < -0.39 is 0 Å². The normalized spacial score (nSPS) is 15.5. The molecule has 1 N–H and O–H groups in total. The Morgan fingerprint density at radius 2 is 1.95 bits per heavy atom. The van der Waals surface area contributed by atoms with Crippen LogP contribution >= 0.6 is 11.3 Å². The van der Waals surface area contributed by atoms with E-state index in [2.05, 4.69) is 45.5 Å². The molecule has 21 heavy (non-hydrogen) atoms. The molecule has 2 aromatic heterocycles. The number of benzene rings is 1. The van der Waals surface area contributed by atoms with Crippen molar-refractivity contribution in [2.45, 2.75) is 0 Å². The minimum atomic E-state index is 0.839. The molecule has 1 fully saturated rings. The van der Waals surface area contributed by atoms with Crippen molar-refractivity contribution in [3.05, 3.63) is 42.6 Å². The average Bonchev–Trinajstić information content (AvgIpc) is 3.00. The highest BCUT2D eigenvalue weighted by molar-refractivity contribution is 7.22. The molecule has 1 aromatic carbocycles. The molecule has 0 atom stereocenters. The zero-order chi connectivity index (χ0) is 14.1. The Balaban J connectivity index is 1.71. The highest BCUT2D eigenvalue weighted by Gasteiger charge is 2.14. The monoisotopic (exact) mass is 296 g/mol. The number of thiophene rings is 1. The molecule has 3 aromatic rings. The summed E-state index contributed by atoms with van der Waals surface area (Å²) in [4.78, 5) is 12.6. The maximum absolute atomic E-state index is 4.76. The molecule has 1 saturated heterocycles. The molecule has 5 heteroatoms. The van der Waals surface area contributed by atoms with E-state index in [1.807, 2.05) is 12.3 Å². The van der Waals surface area contributed by atoms with Gasteiger partial charge < -0.3 is 10.2 Å². The van der Waals surface area contributed by atoms with E-state index in [1.165, 1.54) is 15.0 Å². The van der Waals surface area contributed by atoms with Gasteiger partial charge in [-0.25, -0.2) is 9.97 Å². The quantitative estimate of drug-likeness (QED) is 0.789. The van der Waals surface area contributed by atoms with Crippen LogP contribution in [-0.2, 0) is 0 Å². The summed E-state index contributed by atoms with van der Waals surface area (Å²) in [7, 11) is 0. The summed E-state index contributed by atoms with van der Waals surface area (Å²) in [6.07, 6.45) is 1.87. The fourth-order valence-corrected chi connectivity index (χ4v) is 3.64. The van der Waals surface area contributed by atoms with E-state index in [1.54, 1.807) is 11.3 Å². The molecule has 0 unspecified atom stereocenters. The van der Waals surface area contributed by atoms with Gasteiger partial charge in [0, 0.05) is 37.1 Å². The molecule has 0 aliphatic carbocycles. The summed E-state index contributed by atoms with van der Waals surface area (Å²) in [6.45, 7) is 3.93. The van der Waals surface area contributed by atoms with Gasteiger partial charge in [-0.2, -0.15) is 0 Å². The third-order valence-electron chi connectivity index (χ3n) is 3.72. The van der Waals surface area contributed by atoms with Crippen molar-refractivity contribution in [1.82, 2.24) is 15.3 Å². The van der Waals surface area contributed by atoms with E-state index in [0.717, 1.165) is 37.8 Å². The lowest BCUT2D eigenvalue weighted by Crippen LogP contribution is -2.44. The SMILES string of the molecule is c1ccc2sc(-c3ccnc(N4CCNCC4)n3)cc2c1. The van der Waals surface area contributed by atoms with Crippen molar-refractivity contribution in [2.24, 2.45) is 0 Å². The van der Waals surface area contributed by atoms with Crippen molar-refractivity contribution < 1.29 is 0 Å². The predicted octanol–water partition coefficient (Wildman–Crippen LogP) is 2.77. The zero-order valence-electron chi connectivity index (χ0n) is 11.6. The maximum atomic E-state index is 4.76. The third kappa shape index (κ3) is 2.50. The Bertz CT molecular complexity index is 729. The van der Waals surface area contributed by atoms with Gasteiger partial charge in [-0.15, -0.1) is 11.3 Å². The molecule has 0 spiro atoms. The van der Waals surface area contributed by atoms with Gasteiger partial charge in [0.15, 0.2) is 0 Å². The minimum absolute atomic E-state index is 0.839. The van der Waals surface area contributed by atoms with E-state index >= 15 is 0 Å². The maximum Gasteiger partial charge on any atom is 0.225 e. The number of hydrogen-bond donors (Lipinski definition) is 1. The summed E-state index contributed by atoms with van der Waals surface area (Å²) in [5, 5.41) is 4.63. The van der Waals surface area contributed by atoms with Crippen LogP contribution in [-0.4, -0.2) is 36.1 Å². The van der Waals surface area contributed by atoms with Crippen molar-refractivity contribution in [1.29, 1.82) is 0 Å². The largest absolute Gasteiger partial charge is 0.338 e. The number of nitrogens with one attached hydrogen (secondary N) is 1. The van der Waals surface area contributed by atoms with Crippen LogP contribution in [0.25, 0.3) is 20.7 Å². The molecule has 0 saturated carbocycles. The third-order valence-corrected chi connectivity index (χ3v) is 4.86. The smallest absolute Gasteiger partial charge is 0.225 e. The molecular formula is C16H16N4S. The highest BCUT2D eigenvalue weighted by Crippen LogP contribution is 2.32. The first kappa shape index (κ1) is 12.7. The van der Waals surface area contributed by atoms with Gasteiger partial charge in [0.1, 0.15) is 0 Å². The summed E-state index contributed by atoms with van der Waals surface area (Å²) in [5.41, 5.74) is 1.01. The molecule has 1 aliphatic heterocycles. The number of rotatable bonds is 2. The Kier molecular flexibility index (Phi) is 3.29. The number of hydrogen-bond acceptors (Lipinski definition) is 5. The second kappa shape index (κ2) is 5.42. The predicted molar refractivity (Wildman–Crippen MR) is 87.9 cm³/mol. The van der Waals surface area contributed by atoms with Crippen LogP contribution in [0.5, 0.6) is 0 Å². The number of piperazine rings is 1. The Labute approximate surface area is 127 Å². The van der Waals surface area contributed by atoms with Crippen LogP contribution in [0, 0.1) is 0 Å². The van der Waals surface area contributed by atoms with Gasteiger partial charge in [-0.1, -0.05) is 18.2 Å². The van der Waals surface area contributed by atoms with E-state index in [9.17, 15) is 0 Å².